The summed E-state index contributed by atoms with van der Waals surface area (Å²) < 4.78 is 0. The van der Waals surface area contributed by atoms with Gasteiger partial charge in [-0.15, -0.1) is 0 Å². The highest BCUT2D eigenvalue weighted by molar-refractivity contribution is 6.29. The molecule has 0 unspecified atom stereocenters. The highest BCUT2D eigenvalue weighted by Gasteiger charge is 2.23. The molecule has 13 rings (SSSR count). The summed E-state index contributed by atoms with van der Waals surface area (Å²) in [4.78, 5) is 4.88. The highest BCUT2D eigenvalue weighted by Crippen LogP contribution is 2.49. The number of benzene rings is 13. The summed E-state index contributed by atoms with van der Waals surface area (Å²) in [7, 11) is 0. The Kier molecular flexibility index (Phi) is 8.25. The van der Waals surface area contributed by atoms with E-state index in [1.165, 1.54) is 86.5 Å². The third-order valence-corrected chi connectivity index (χ3v) is 13.3. The first-order chi connectivity index (χ1) is 31.7. The van der Waals surface area contributed by atoms with Crippen LogP contribution in [-0.4, -0.2) is 0 Å². The standard InChI is InChI=1S/C62H40N2/c1-2-19-48(20-3-1)64(58-24-12-18-43-15-8-9-21-51(43)58)60-37-30-45-28-34-56-54(33-27-44-29-35-57(60)62(45)61(44)56)53-36-38-59(55-23-11-10-22-52(53)55)63(49-31-25-41-13-4-6-16-46(41)39-49)50-32-26-42-14-5-7-17-47(42)40-50/h1-40H. The van der Waals surface area contributed by atoms with Gasteiger partial charge in [-0.05, 0) is 125 Å². The van der Waals surface area contributed by atoms with E-state index in [1.54, 1.807) is 0 Å². The number of hydrogen-bond acceptors (Lipinski definition) is 2. The Bertz CT molecular complexity index is 3840. The lowest BCUT2D eigenvalue weighted by molar-refractivity contribution is 1.31. The molecule has 0 heterocycles. The monoisotopic (exact) mass is 812 g/mol. The van der Waals surface area contributed by atoms with Crippen LogP contribution in [0.15, 0.2) is 243 Å². The van der Waals surface area contributed by atoms with Crippen LogP contribution in [0.25, 0.3) is 86.5 Å². The van der Waals surface area contributed by atoms with Crippen LogP contribution >= 0.6 is 0 Å². The Morgan fingerprint density at radius 1 is 0.203 bits per heavy atom. The molecule has 0 amide bonds. The quantitative estimate of drug-likeness (QED) is 0.148. The Balaban J connectivity index is 1.02. The number of nitrogens with zero attached hydrogens (tertiary/aromatic N) is 2. The third-order valence-electron chi connectivity index (χ3n) is 13.3. The van der Waals surface area contributed by atoms with E-state index in [0.29, 0.717) is 0 Å². The molecule has 0 aliphatic heterocycles. The minimum Gasteiger partial charge on any atom is -0.310 e. The molecule has 298 valence electrons. The molecule has 2 nitrogen and oxygen atoms in total. The zero-order valence-corrected chi connectivity index (χ0v) is 35.0. The lowest BCUT2D eigenvalue weighted by Crippen LogP contribution is -2.11. The second-order valence-corrected chi connectivity index (χ2v) is 16.9. The van der Waals surface area contributed by atoms with Gasteiger partial charge in [0.15, 0.2) is 0 Å². The lowest BCUT2D eigenvalue weighted by atomic mass is 9.87. The van der Waals surface area contributed by atoms with Gasteiger partial charge < -0.3 is 9.80 Å². The number of hydrogen-bond donors (Lipinski definition) is 0. The zero-order chi connectivity index (χ0) is 42.1. The van der Waals surface area contributed by atoms with Gasteiger partial charge in [0.25, 0.3) is 0 Å². The summed E-state index contributed by atoms with van der Waals surface area (Å²) in [6.07, 6.45) is 0. The summed E-state index contributed by atoms with van der Waals surface area (Å²) in [5.41, 5.74) is 9.28. The number of rotatable bonds is 7. The van der Waals surface area contributed by atoms with Crippen LogP contribution in [-0.2, 0) is 0 Å². The van der Waals surface area contributed by atoms with Gasteiger partial charge in [-0.25, -0.2) is 0 Å². The minimum absolute atomic E-state index is 1.12. The van der Waals surface area contributed by atoms with Crippen LogP contribution < -0.4 is 9.80 Å². The van der Waals surface area contributed by atoms with Crippen molar-refractivity contribution in [1.29, 1.82) is 0 Å². The number of fused-ring (bicyclic) bond motifs is 4. The molecule has 0 aliphatic carbocycles. The van der Waals surface area contributed by atoms with Crippen LogP contribution in [0.1, 0.15) is 0 Å². The van der Waals surface area contributed by atoms with Gasteiger partial charge in [0.05, 0.1) is 17.1 Å². The van der Waals surface area contributed by atoms with Crippen molar-refractivity contribution in [1.82, 2.24) is 0 Å². The molecule has 0 aliphatic rings. The second-order valence-electron chi connectivity index (χ2n) is 16.9. The average molecular weight is 813 g/mol. The summed E-state index contributed by atoms with van der Waals surface area (Å²) in [5, 5.41) is 17.3. The van der Waals surface area contributed by atoms with E-state index in [2.05, 4.69) is 252 Å². The summed E-state index contributed by atoms with van der Waals surface area (Å²) in [6, 6.07) is 89.2. The third kappa shape index (κ3) is 5.73. The summed E-state index contributed by atoms with van der Waals surface area (Å²) >= 11 is 0. The first kappa shape index (κ1) is 36.2. The predicted molar refractivity (Wildman–Crippen MR) is 275 cm³/mol. The normalized spacial score (nSPS) is 11.8. The van der Waals surface area contributed by atoms with E-state index in [9.17, 15) is 0 Å². The van der Waals surface area contributed by atoms with Gasteiger partial charge in [-0.1, -0.05) is 188 Å². The molecule has 0 aromatic heterocycles. The van der Waals surface area contributed by atoms with E-state index in [0.717, 1.165) is 34.1 Å². The van der Waals surface area contributed by atoms with Crippen LogP contribution in [0.4, 0.5) is 34.1 Å². The van der Waals surface area contributed by atoms with Crippen molar-refractivity contribution >= 4 is 110 Å². The molecular formula is C62H40N2. The molecule has 13 aromatic rings. The van der Waals surface area contributed by atoms with Crippen molar-refractivity contribution in [3.63, 3.8) is 0 Å². The molecule has 0 saturated carbocycles. The maximum absolute atomic E-state index is 2.44. The van der Waals surface area contributed by atoms with Crippen molar-refractivity contribution in [2.45, 2.75) is 0 Å². The number of anilines is 6. The van der Waals surface area contributed by atoms with Gasteiger partial charge in [-0.2, -0.15) is 0 Å². The molecule has 0 radical (unpaired) electrons. The second kappa shape index (κ2) is 14.6. The van der Waals surface area contributed by atoms with Crippen molar-refractivity contribution in [2.24, 2.45) is 0 Å². The fourth-order valence-corrected chi connectivity index (χ4v) is 10.4. The maximum atomic E-state index is 2.44. The minimum atomic E-state index is 1.12. The molecule has 2 heteroatoms. The number of para-hydroxylation sites is 1. The van der Waals surface area contributed by atoms with Gasteiger partial charge >= 0.3 is 0 Å². The van der Waals surface area contributed by atoms with E-state index in [1.807, 2.05) is 0 Å². The van der Waals surface area contributed by atoms with Crippen LogP contribution in [0.2, 0.25) is 0 Å². The smallest absolute Gasteiger partial charge is 0.0540 e. The molecule has 0 spiro atoms. The highest BCUT2D eigenvalue weighted by atomic mass is 15.1. The molecule has 0 saturated heterocycles. The molecule has 0 bridgehead atoms. The topological polar surface area (TPSA) is 6.48 Å². The first-order valence-corrected chi connectivity index (χ1v) is 22.1. The average Bonchev–Trinajstić information content (AvgIpc) is 3.36. The SMILES string of the molecule is c1ccc(N(c2cccc3ccccc23)c2ccc3ccc4c(-c5ccc(N(c6ccc7ccccc7c6)c6ccc7ccccc7c6)c6ccccc56)ccc5ccc2c3c54)cc1. The van der Waals surface area contributed by atoms with E-state index < -0.39 is 0 Å². The van der Waals surface area contributed by atoms with Gasteiger partial charge in [-0.3, -0.25) is 0 Å². The van der Waals surface area contributed by atoms with Crippen molar-refractivity contribution in [3.8, 4) is 11.1 Å². The summed E-state index contributed by atoms with van der Waals surface area (Å²) in [5.74, 6) is 0. The molecule has 0 fully saturated rings. The van der Waals surface area contributed by atoms with Crippen LogP contribution in [0.3, 0.4) is 0 Å². The van der Waals surface area contributed by atoms with E-state index in [-0.39, 0.29) is 0 Å². The Hall–Kier alpha value is -8.46. The zero-order valence-electron chi connectivity index (χ0n) is 35.0. The molecule has 64 heavy (non-hydrogen) atoms. The lowest BCUT2D eigenvalue weighted by Gasteiger charge is -2.29. The van der Waals surface area contributed by atoms with E-state index >= 15 is 0 Å². The fourth-order valence-electron chi connectivity index (χ4n) is 10.4. The van der Waals surface area contributed by atoms with Crippen LogP contribution in [0, 0.1) is 0 Å². The molecule has 0 atom stereocenters. The largest absolute Gasteiger partial charge is 0.310 e. The van der Waals surface area contributed by atoms with Gasteiger partial charge in [0.1, 0.15) is 0 Å². The summed E-state index contributed by atoms with van der Waals surface area (Å²) in [6.45, 7) is 0. The molecular weight excluding hydrogens is 773 g/mol. The predicted octanol–water partition coefficient (Wildman–Crippen LogP) is 17.8. The van der Waals surface area contributed by atoms with E-state index in [4.69, 9.17) is 0 Å². The van der Waals surface area contributed by atoms with Gasteiger partial charge in [0, 0.05) is 33.2 Å². The van der Waals surface area contributed by atoms with Crippen molar-refractivity contribution in [3.05, 3.63) is 243 Å². The fraction of sp³-hybridized carbons (Fsp3) is 0. The maximum Gasteiger partial charge on any atom is 0.0540 e. The Morgan fingerprint density at radius 2 is 0.656 bits per heavy atom. The Labute approximate surface area is 371 Å². The molecule has 13 aromatic carbocycles. The van der Waals surface area contributed by atoms with Crippen molar-refractivity contribution in [2.75, 3.05) is 9.80 Å². The van der Waals surface area contributed by atoms with Crippen molar-refractivity contribution < 1.29 is 0 Å². The molecule has 0 N–H and O–H groups in total. The Morgan fingerprint density at radius 3 is 1.38 bits per heavy atom. The van der Waals surface area contributed by atoms with Crippen LogP contribution in [0.5, 0.6) is 0 Å². The van der Waals surface area contributed by atoms with Gasteiger partial charge in [0.2, 0.25) is 0 Å². The first-order valence-electron chi connectivity index (χ1n) is 22.1.